The van der Waals surface area contributed by atoms with Crippen LogP contribution in [-0.4, -0.2) is 55.1 Å². The molecule has 1 aromatic heterocycles. The Hall–Kier alpha value is -1.54. The summed E-state index contributed by atoms with van der Waals surface area (Å²) in [5, 5.41) is 7.04. The highest BCUT2D eigenvalue weighted by molar-refractivity contribution is 7.98. The van der Waals surface area contributed by atoms with E-state index in [4.69, 9.17) is 4.98 Å². The molecule has 3 heterocycles. The summed E-state index contributed by atoms with van der Waals surface area (Å²) in [6.07, 6.45) is 3.48. The van der Waals surface area contributed by atoms with Gasteiger partial charge in [-0.15, -0.1) is 0 Å². The van der Waals surface area contributed by atoms with Crippen molar-refractivity contribution in [2.45, 2.75) is 30.6 Å². The Labute approximate surface area is 134 Å². The number of aromatic nitrogens is 2. The summed E-state index contributed by atoms with van der Waals surface area (Å²) in [6, 6.07) is 0.109. The third kappa shape index (κ3) is 3.12. The fraction of sp³-hybridized carbons (Fsp3) is 0.643. The molecule has 1 saturated heterocycles. The number of nitrogens with zero attached hydrogens (tertiary/aromatic N) is 3. The Bertz CT molecular complexity index is 568. The van der Waals surface area contributed by atoms with E-state index in [1.807, 2.05) is 6.26 Å². The molecule has 1 atom stereocenters. The predicted molar refractivity (Wildman–Crippen MR) is 85.4 cm³/mol. The number of carbonyl (C=O) groups excluding carboxylic acids is 1. The number of alkyl carbamates (subject to hydrolysis) is 1. The third-order valence-corrected chi connectivity index (χ3v) is 4.62. The number of hydrogen-bond donors (Lipinski definition) is 2. The normalized spacial score (nSPS) is 20.6. The second kappa shape index (κ2) is 6.70. The van der Waals surface area contributed by atoms with Gasteiger partial charge in [-0.1, -0.05) is 11.8 Å². The highest BCUT2D eigenvalue weighted by Crippen LogP contribution is 2.28. The first-order valence-corrected chi connectivity index (χ1v) is 8.67. The van der Waals surface area contributed by atoms with Gasteiger partial charge in [-0.3, -0.25) is 0 Å². The number of ether oxygens (including phenoxy) is 1. The summed E-state index contributed by atoms with van der Waals surface area (Å²) >= 11 is 1.56. The van der Waals surface area contributed by atoms with E-state index in [0.29, 0.717) is 0 Å². The lowest BCUT2D eigenvalue weighted by atomic mass is 10.1. The highest BCUT2D eigenvalue weighted by atomic mass is 32.2. The number of rotatable bonds is 3. The van der Waals surface area contributed by atoms with Crippen LogP contribution in [0.5, 0.6) is 0 Å². The fourth-order valence-electron chi connectivity index (χ4n) is 2.97. The van der Waals surface area contributed by atoms with Gasteiger partial charge in [0.05, 0.1) is 18.8 Å². The maximum absolute atomic E-state index is 11.4. The molecule has 3 rings (SSSR count). The van der Waals surface area contributed by atoms with Gasteiger partial charge in [-0.05, 0) is 25.6 Å². The van der Waals surface area contributed by atoms with Crippen LogP contribution in [0.25, 0.3) is 0 Å². The van der Waals surface area contributed by atoms with Crippen LogP contribution in [0, 0.1) is 0 Å². The van der Waals surface area contributed by atoms with Crippen LogP contribution in [-0.2, 0) is 17.7 Å². The second-order valence-corrected chi connectivity index (χ2v) is 6.23. The van der Waals surface area contributed by atoms with Gasteiger partial charge >= 0.3 is 6.09 Å². The number of anilines is 1. The summed E-state index contributed by atoms with van der Waals surface area (Å²) in [5.74, 6) is 1.03. The van der Waals surface area contributed by atoms with E-state index in [2.05, 4.69) is 25.3 Å². The molecule has 1 unspecified atom stereocenters. The van der Waals surface area contributed by atoms with Crippen molar-refractivity contribution in [1.29, 1.82) is 0 Å². The van der Waals surface area contributed by atoms with E-state index in [-0.39, 0.29) is 12.1 Å². The van der Waals surface area contributed by atoms with E-state index >= 15 is 0 Å². The van der Waals surface area contributed by atoms with Crippen LogP contribution in [0.4, 0.5) is 10.6 Å². The molecule has 0 aliphatic carbocycles. The van der Waals surface area contributed by atoms with Crippen LogP contribution in [0.1, 0.15) is 17.7 Å². The van der Waals surface area contributed by atoms with Gasteiger partial charge in [0.15, 0.2) is 5.16 Å². The molecule has 1 amide bonds. The maximum atomic E-state index is 11.4. The van der Waals surface area contributed by atoms with E-state index < -0.39 is 0 Å². The number of thioether (sulfide) groups is 1. The Kier molecular flexibility index (Phi) is 4.68. The molecule has 0 radical (unpaired) electrons. The lowest BCUT2D eigenvalue weighted by Crippen LogP contribution is -2.37. The lowest BCUT2D eigenvalue weighted by Gasteiger charge is -2.25. The SMILES string of the molecule is COC(=O)NC1CCN(c2nc(SC)nc3c2CCNC3)C1. The molecule has 0 spiro atoms. The smallest absolute Gasteiger partial charge is 0.407 e. The Balaban J connectivity index is 1.81. The summed E-state index contributed by atoms with van der Waals surface area (Å²) < 4.78 is 4.67. The number of fused-ring (bicyclic) bond motifs is 1. The molecule has 0 aromatic carbocycles. The molecule has 2 aliphatic rings. The number of carbonyl (C=O) groups is 1. The van der Waals surface area contributed by atoms with Crippen LogP contribution in [0.15, 0.2) is 5.16 Å². The molecule has 2 N–H and O–H groups in total. The van der Waals surface area contributed by atoms with Crippen LogP contribution >= 0.6 is 11.8 Å². The first-order valence-electron chi connectivity index (χ1n) is 7.45. The molecule has 7 nitrogen and oxygen atoms in total. The zero-order valence-corrected chi connectivity index (χ0v) is 13.7. The molecule has 1 aromatic rings. The minimum atomic E-state index is -0.370. The Morgan fingerprint density at radius 3 is 3.14 bits per heavy atom. The number of methoxy groups -OCH3 is 1. The average Bonchev–Trinajstić information content (AvgIpc) is 3.01. The van der Waals surface area contributed by atoms with Gasteiger partial charge < -0.3 is 20.3 Å². The second-order valence-electron chi connectivity index (χ2n) is 5.45. The summed E-state index contributed by atoms with van der Waals surface area (Å²) in [5.41, 5.74) is 2.35. The topological polar surface area (TPSA) is 79.4 Å². The molecular formula is C14H21N5O2S. The van der Waals surface area contributed by atoms with E-state index in [1.165, 1.54) is 12.7 Å². The zero-order chi connectivity index (χ0) is 15.5. The minimum absolute atomic E-state index is 0.109. The highest BCUT2D eigenvalue weighted by Gasteiger charge is 2.29. The van der Waals surface area contributed by atoms with E-state index in [0.717, 1.165) is 55.7 Å². The van der Waals surface area contributed by atoms with Crippen molar-refractivity contribution >= 4 is 23.7 Å². The molecule has 2 aliphatic heterocycles. The molecule has 120 valence electrons. The fourth-order valence-corrected chi connectivity index (χ4v) is 3.35. The van der Waals surface area contributed by atoms with Crippen molar-refractivity contribution in [2.75, 3.05) is 37.9 Å². The monoisotopic (exact) mass is 323 g/mol. The molecule has 1 fully saturated rings. The van der Waals surface area contributed by atoms with Crippen LogP contribution < -0.4 is 15.5 Å². The quantitative estimate of drug-likeness (QED) is 0.628. The maximum Gasteiger partial charge on any atom is 0.407 e. The van der Waals surface area contributed by atoms with Gasteiger partial charge in [0.2, 0.25) is 0 Å². The number of amides is 1. The number of nitrogens with one attached hydrogen (secondary N) is 2. The van der Waals surface area contributed by atoms with Crippen molar-refractivity contribution in [2.24, 2.45) is 0 Å². The largest absolute Gasteiger partial charge is 0.453 e. The molecule has 0 bridgehead atoms. The summed E-state index contributed by atoms with van der Waals surface area (Å²) in [7, 11) is 1.39. The Morgan fingerprint density at radius 2 is 2.36 bits per heavy atom. The predicted octanol–water partition coefficient (Wildman–Crippen LogP) is 0.779. The van der Waals surface area contributed by atoms with Crippen LogP contribution in [0.3, 0.4) is 0 Å². The number of hydrogen-bond acceptors (Lipinski definition) is 7. The first-order chi connectivity index (χ1) is 10.7. The Morgan fingerprint density at radius 1 is 1.50 bits per heavy atom. The molecule has 8 heteroatoms. The standard InChI is InChI=1S/C14H21N5O2S/c1-21-14(20)16-9-4-6-19(8-9)12-10-3-5-15-7-11(10)17-13(18-12)22-2/h9,15H,3-8H2,1-2H3,(H,16,20). The van der Waals surface area contributed by atoms with Crippen molar-refractivity contribution in [3.05, 3.63) is 11.3 Å². The van der Waals surface area contributed by atoms with E-state index in [1.54, 1.807) is 11.8 Å². The van der Waals surface area contributed by atoms with Gasteiger partial charge in [0.1, 0.15) is 5.82 Å². The van der Waals surface area contributed by atoms with Gasteiger partial charge in [-0.2, -0.15) is 0 Å². The van der Waals surface area contributed by atoms with Crippen molar-refractivity contribution in [1.82, 2.24) is 20.6 Å². The van der Waals surface area contributed by atoms with Crippen molar-refractivity contribution in [3.8, 4) is 0 Å². The molecule has 22 heavy (non-hydrogen) atoms. The van der Waals surface area contributed by atoms with Gasteiger partial charge in [-0.25, -0.2) is 14.8 Å². The van der Waals surface area contributed by atoms with Crippen molar-refractivity contribution < 1.29 is 9.53 Å². The van der Waals surface area contributed by atoms with Gasteiger partial charge in [0.25, 0.3) is 0 Å². The first kappa shape index (κ1) is 15.4. The lowest BCUT2D eigenvalue weighted by molar-refractivity contribution is 0.167. The van der Waals surface area contributed by atoms with Crippen LogP contribution in [0.2, 0.25) is 0 Å². The van der Waals surface area contributed by atoms with Crippen molar-refractivity contribution in [3.63, 3.8) is 0 Å². The third-order valence-electron chi connectivity index (χ3n) is 4.07. The van der Waals surface area contributed by atoms with E-state index in [9.17, 15) is 4.79 Å². The molecule has 0 saturated carbocycles. The summed E-state index contributed by atoms with van der Waals surface area (Å²) in [6.45, 7) is 3.41. The average molecular weight is 323 g/mol. The summed E-state index contributed by atoms with van der Waals surface area (Å²) in [4.78, 5) is 23.0. The minimum Gasteiger partial charge on any atom is -0.453 e. The zero-order valence-electron chi connectivity index (χ0n) is 12.9. The molecular weight excluding hydrogens is 302 g/mol. The van der Waals surface area contributed by atoms with Gasteiger partial charge in [0, 0.05) is 25.2 Å².